The molecule has 0 aliphatic carbocycles. The Balaban J connectivity index is 2.11. The van der Waals surface area contributed by atoms with E-state index in [-0.39, 0.29) is 5.97 Å². The maximum Gasteiger partial charge on any atom is 0.338 e. The Kier molecular flexibility index (Phi) is 7.19. The molecule has 0 bridgehead atoms. The van der Waals surface area contributed by atoms with Crippen LogP contribution in [0.1, 0.15) is 52.1 Å². The zero-order valence-corrected chi connectivity index (χ0v) is 18.2. The van der Waals surface area contributed by atoms with Crippen LogP contribution in [0, 0.1) is 0 Å². The van der Waals surface area contributed by atoms with Crippen molar-refractivity contribution in [2.24, 2.45) is 0 Å². The number of aromatic nitrogens is 3. The van der Waals surface area contributed by atoms with E-state index in [1.165, 1.54) is 0 Å². The van der Waals surface area contributed by atoms with Crippen molar-refractivity contribution in [1.82, 2.24) is 14.8 Å². The van der Waals surface area contributed by atoms with Crippen LogP contribution in [0.3, 0.4) is 0 Å². The van der Waals surface area contributed by atoms with Crippen molar-refractivity contribution >= 4 is 23.7 Å². The zero-order valence-electron chi connectivity index (χ0n) is 17.4. The third-order valence-corrected chi connectivity index (χ3v) is 5.48. The minimum Gasteiger partial charge on any atom is -0.493 e. The first-order valence-electron chi connectivity index (χ1n) is 10.1. The van der Waals surface area contributed by atoms with Crippen molar-refractivity contribution in [1.29, 1.82) is 0 Å². The zero-order chi connectivity index (χ0) is 20.8. The second kappa shape index (κ2) is 9.82. The number of anilines is 1. The van der Waals surface area contributed by atoms with Gasteiger partial charge in [0.05, 0.1) is 18.8 Å². The highest BCUT2D eigenvalue weighted by molar-refractivity contribution is 7.99. The lowest BCUT2D eigenvalue weighted by atomic mass is 9.95. The summed E-state index contributed by atoms with van der Waals surface area (Å²) in [5, 5.41) is 8.61. The number of hydrogen-bond acceptors (Lipinski definition) is 7. The molecule has 0 fully saturated rings. The van der Waals surface area contributed by atoms with Crippen molar-refractivity contribution in [3.63, 3.8) is 0 Å². The van der Waals surface area contributed by atoms with E-state index >= 15 is 0 Å². The number of hydrogen-bond donors (Lipinski definition) is 1. The number of carbonyl (C=O) groups is 1. The van der Waals surface area contributed by atoms with Crippen molar-refractivity contribution in [2.45, 2.75) is 51.7 Å². The second-order valence-corrected chi connectivity index (χ2v) is 7.75. The summed E-state index contributed by atoms with van der Waals surface area (Å²) in [7, 11) is 0. The molecule has 1 aromatic heterocycles. The molecule has 1 aromatic carbocycles. The van der Waals surface area contributed by atoms with Gasteiger partial charge in [-0.25, -0.2) is 9.48 Å². The number of rotatable bonds is 9. The maximum absolute atomic E-state index is 12.9. The predicted molar refractivity (Wildman–Crippen MR) is 114 cm³/mol. The van der Waals surface area contributed by atoms with Crippen LogP contribution in [0.15, 0.2) is 40.7 Å². The summed E-state index contributed by atoms with van der Waals surface area (Å²) in [6, 6.07) is 7.30. The minimum atomic E-state index is -0.471. The third-order valence-electron chi connectivity index (χ3n) is 4.44. The first kappa shape index (κ1) is 21.2. The molecule has 0 spiro atoms. The summed E-state index contributed by atoms with van der Waals surface area (Å²) in [4.78, 5) is 17.5. The Labute approximate surface area is 175 Å². The summed E-state index contributed by atoms with van der Waals surface area (Å²) < 4.78 is 13.1. The molecule has 2 heterocycles. The van der Waals surface area contributed by atoms with Crippen LogP contribution >= 0.6 is 11.8 Å². The molecule has 0 saturated heterocycles. The van der Waals surface area contributed by atoms with E-state index in [2.05, 4.69) is 24.1 Å². The van der Waals surface area contributed by atoms with E-state index in [9.17, 15) is 4.79 Å². The number of carbonyl (C=O) groups excluding carboxylic acids is 1. The molecule has 2 aromatic rings. The Bertz CT molecular complexity index is 894. The van der Waals surface area contributed by atoms with E-state index < -0.39 is 6.04 Å². The topological polar surface area (TPSA) is 78.3 Å². The maximum atomic E-state index is 12.9. The smallest absolute Gasteiger partial charge is 0.338 e. The normalized spacial score (nSPS) is 15.7. The highest BCUT2D eigenvalue weighted by Gasteiger charge is 2.36. The van der Waals surface area contributed by atoms with Crippen LogP contribution in [-0.2, 0) is 9.53 Å². The van der Waals surface area contributed by atoms with E-state index in [0.717, 1.165) is 29.9 Å². The molecule has 1 atom stereocenters. The molecule has 0 saturated carbocycles. The predicted octanol–water partition coefficient (Wildman–Crippen LogP) is 4.42. The van der Waals surface area contributed by atoms with Crippen LogP contribution in [0.2, 0.25) is 0 Å². The van der Waals surface area contributed by atoms with Gasteiger partial charge in [0.2, 0.25) is 11.1 Å². The minimum absolute atomic E-state index is 0.304. The molecule has 29 heavy (non-hydrogen) atoms. The Morgan fingerprint density at radius 1 is 1.24 bits per heavy atom. The summed E-state index contributed by atoms with van der Waals surface area (Å²) >= 11 is 1.60. The molecule has 1 aliphatic rings. The molecule has 7 nitrogen and oxygen atoms in total. The van der Waals surface area contributed by atoms with Crippen molar-refractivity contribution < 1.29 is 14.3 Å². The number of nitrogens with zero attached hydrogens (tertiary/aromatic N) is 3. The van der Waals surface area contributed by atoms with Crippen molar-refractivity contribution in [3.05, 3.63) is 41.1 Å². The molecule has 8 heteroatoms. The van der Waals surface area contributed by atoms with Gasteiger partial charge in [-0.05, 0) is 32.8 Å². The van der Waals surface area contributed by atoms with Gasteiger partial charge in [0.25, 0.3) is 0 Å². The van der Waals surface area contributed by atoms with Crippen molar-refractivity contribution in [3.8, 4) is 5.75 Å². The molecule has 3 rings (SSSR count). The fraction of sp³-hybridized carbons (Fsp3) is 0.476. The van der Waals surface area contributed by atoms with E-state index in [0.29, 0.717) is 35.6 Å². The summed E-state index contributed by atoms with van der Waals surface area (Å²) in [6.07, 6.45) is 1.93. The fourth-order valence-electron chi connectivity index (χ4n) is 3.20. The third kappa shape index (κ3) is 4.58. The number of thioether (sulfide) groups is 1. The van der Waals surface area contributed by atoms with E-state index in [1.807, 2.05) is 31.2 Å². The quantitative estimate of drug-likeness (QED) is 0.479. The SMILES string of the molecule is CCCOc1ccccc1C1C(C(=O)OCC)=C(C)Nc2nc(SCCC)nn21. The van der Waals surface area contributed by atoms with Crippen LogP contribution in [-0.4, -0.2) is 39.7 Å². The second-order valence-electron chi connectivity index (χ2n) is 6.68. The number of fused-ring (bicyclic) bond motifs is 1. The molecule has 0 amide bonds. The lowest BCUT2D eigenvalue weighted by Gasteiger charge is -2.29. The number of allylic oxidation sites excluding steroid dienone is 1. The van der Waals surface area contributed by atoms with Crippen molar-refractivity contribution in [2.75, 3.05) is 24.3 Å². The molecule has 1 unspecified atom stereocenters. The molecular weight excluding hydrogens is 388 g/mol. The van der Waals surface area contributed by atoms with Crippen LogP contribution in [0.25, 0.3) is 0 Å². The van der Waals surface area contributed by atoms with Gasteiger partial charge in [-0.3, -0.25) is 0 Å². The molecule has 156 valence electrons. The van der Waals surface area contributed by atoms with Gasteiger partial charge in [0.15, 0.2) is 0 Å². The van der Waals surface area contributed by atoms with E-state index in [1.54, 1.807) is 23.4 Å². The van der Waals surface area contributed by atoms with Gasteiger partial charge in [-0.15, -0.1) is 5.10 Å². The molecule has 1 N–H and O–H groups in total. The number of ether oxygens (including phenoxy) is 2. The molecular formula is C21H28N4O3S. The summed E-state index contributed by atoms with van der Waals surface area (Å²) in [5.74, 6) is 1.92. The fourth-order valence-corrected chi connectivity index (χ4v) is 3.88. The van der Waals surface area contributed by atoms with Crippen LogP contribution in [0.4, 0.5) is 5.95 Å². The summed E-state index contributed by atoms with van der Waals surface area (Å²) in [5.41, 5.74) is 2.09. The van der Waals surface area contributed by atoms with Gasteiger partial charge in [-0.1, -0.05) is 43.8 Å². The van der Waals surface area contributed by atoms with Gasteiger partial charge in [0.1, 0.15) is 11.8 Å². The Morgan fingerprint density at radius 3 is 2.76 bits per heavy atom. The number of nitrogens with one attached hydrogen (secondary N) is 1. The highest BCUT2D eigenvalue weighted by atomic mass is 32.2. The number of para-hydroxylation sites is 1. The number of esters is 1. The lowest BCUT2D eigenvalue weighted by molar-refractivity contribution is -0.139. The average Bonchev–Trinajstić information content (AvgIpc) is 3.12. The van der Waals surface area contributed by atoms with E-state index in [4.69, 9.17) is 14.6 Å². The van der Waals surface area contributed by atoms with Gasteiger partial charge in [0, 0.05) is 17.0 Å². The first-order chi connectivity index (χ1) is 14.1. The van der Waals surface area contributed by atoms with Gasteiger partial charge >= 0.3 is 5.97 Å². The average molecular weight is 417 g/mol. The monoisotopic (exact) mass is 416 g/mol. The molecule has 0 radical (unpaired) electrons. The van der Waals surface area contributed by atoms with Gasteiger partial charge in [-0.2, -0.15) is 4.98 Å². The molecule has 1 aliphatic heterocycles. The van der Waals surface area contributed by atoms with Gasteiger partial charge < -0.3 is 14.8 Å². The standard InChI is InChI=1S/C21H28N4O3S/c1-5-12-28-16-11-9-8-10-15(16)18-17(19(26)27-7-3)14(4)22-20-23-21(24-25(18)20)29-13-6-2/h8-11,18H,5-7,12-13H2,1-4H3,(H,22,23,24). The summed E-state index contributed by atoms with van der Waals surface area (Å²) in [6.45, 7) is 8.76. The Morgan fingerprint density at radius 2 is 2.03 bits per heavy atom. The lowest BCUT2D eigenvalue weighted by Crippen LogP contribution is -2.30. The largest absolute Gasteiger partial charge is 0.493 e. The number of benzene rings is 1. The Hall–Kier alpha value is -2.48. The highest BCUT2D eigenvalue weighted by Crippen LogP contribution is 2.40. The first-order valence-corrected chi connectivity index (χ1v) is 11.0. The van der Waals surface area contributed by atoms with Crippen LogP contribution in [0.5, 0.6) is 5.75 Å². The van der Waals surface area contributed by atoms with Crippen LogP contribution < -0.4 is 10.1 Å².